The number of hydrogen-bond acceptors (Lipinski definition) is 4. The largest absolute Gasteiger partial charge is 0.516 e. The SMILES string of the molecule is CCCCCCCCC=CCCCCCCCC(=O)OC(=O)OCC(C)C. The molecule has 0 spiro atoms. The Kier molecular flexibility index (Phi) is 18.5. The molecule has 0 aromatic heterocycles. The topological polar surface area (TPSA) is 52.6 Å². The van der Waals surface area contributed by atoms with Crippen molar-refractivity contribution in [1.29, 1.82) is 0 Å². The van der Waals surface area contributed by atoms with E-state index in [4.69, 9.17) is 4.74 Å². The van der Waals surface area contributed by atoms with Gasteiger partial charge in [0.2, 0.25) is 0 Å². The summed E-state index contributed by atoms with van der Waals surface area (Å²) in [4.78, 5) is 22.7. The monoisotopic (exact) mass is 382 g/mol. The van der Waals surface area contributed by atoms with Crippen LogP contribution in [0, 0.1) is 5.92 Å². The summed E-state index contributed by atoms with van der Waals surface area (Å²) >= 11 is 0. The molecule has 27 heavy (non-hydrogen) atoms. The van der Waals surface area contributed by atoms with Gasteiger partial charge in [-0.05, 0) is 38.0 Å². The van der Waals surface area contributed by atoms with Gasteiger partial charge in [0, 0.05) is 6.42 Å². The highest BCUT2D eigenvalue weighted by atomic mass is 16.7. The molecule has 0 aromatic carbocycles. The van der Waals surface area contributed by atoms with E-state index in [1.165, 1.54) is 57.8 Å². The minimum absolute atomic E-state index is 0.234. The molecule has 0 atom stereocenters. The average molecular weight is 383 g/mol. The van der Waals surface area contributed by atoms with Crippen molar-refractivity contribution in [2.45, 2.75) is 111 Å². The normalized spacial score (nSPS) is 11.3. The van der Waals surface area contributed by atoms with E-state index < -0.39 is 12.1 Å². The fourth-order valence-electron chi connectivity index (χ4n) is 2.75. The Morgan fingerprint density at radius 1 is 0.778 bits per heavy atom. The number of rotatable bonds is 17. The number of carbonyl (C=O) groups is 2. The number of esters is 1. The first kappa shape index (κ1) is 25.7. The van der Waals surface area contributed by atoms with Gasteiger partial charge in [-0.25, -0.2) is 4.79 Å². The second-order valence-electron chi connectivity index (χ2n) is 7.76. The molecule has 4 nitrogen and oxygen atoms in total. The maximum absolute atomic E-state index is 11.5. The van der Waals surface area contributed by atoms with E-state index in [-0.39, 0.29) is 18.9 Å². The van der Waals surface area contributed by atoms with Crippen LogP contribution >= 0.6 is 0 Å². The number of carbonyl (C=O) groups excluding carboxylic acids is 2. The zero-order valence-electron chi connectivity index (χ0n) is 18.0. The van der Waals surface area contributed by atoms with Gasteiger partial charge >= 0.3 is 12.1 Å². The highest BCUT2D eigenvalue weighted by molar-refractivity contribution is 5.81. The molecular formula is C23H42O4. The molecule has 0 heterocycles. The van der Waals surface area contributed by atoms with Gasteiger partial charge < -0.3 is 9.47 Å². The Bertz CT molecular complexity index is 388. The van der Waals surface area contributed by atoms with Crippen LogP contribution in [0.1, 0.15) is 111 Å². The summed E-state index contributed by atoms with van der Waals surface area (Å²) in [5, 5.41) is 0. The molecule has 0 saturated carbocycles. The Hall–Kier alpha value is -1.32. The van der Waals surface area contributed by atoms with Crippen LogP contribution in [0.15, 0.2) is 12.2 Å². The minimum Gasteiger partial charge on any atom is -0.434 e. The Balaban J connectivity index is 3.33. The lowest BCUT2D eigenvalue weighted by Crippen LogP contribution is -2.16. The van der Waals surface area contributed by atoms with E-state index in [9.17, 15) is 9.59 Å². The second kappa shape index (κ2) is 19.4. The molecule has 0 aliphatic carbocycles. The van der Waals surface area contributed by atoms with Gasteiger partial charge in [0.05, 0.1) is 6.61 Å². The predicted octanol–water partition coefficient (Wildman–Crippen LogP) is 7.36. The third-order valence-corrected chi connectivity index (χ3v) is 4.37. The standard InChI is InChI=1S/C23H42O4/c1-4-5-6-7-8-9-10-11-12-13-14-15-16-17-18-19-22(24)27-23(25)26-20-21(2)3/h11-12,21H,4-10,13-20H2,1-3H3. The lowest BCUT2D eigenvalue weighted by atomic mass is 10.1. The van der Waals surface area contributed by atoms with Crippen molar-refractivity contribution in [3.05, 3.63) is 12.2 Å². The summed E-state index contributed by atoms with van der Waals surface area (Å²) in [7, 11) is 0. The van der Waals surface area contributed by atoms with Crippen LogP contribution < -0.4 is 0 Å². The first-order valence-electron chi connectivity index (χ1n) is 11.1. The third-order valence-electron chi connectivity index (χ3n) is 4.37. The fraction of sp³-hybridized carbons (Fsp3) is 0.826. The Labute approximate surface area is 167 Å². The molecule has 0 aromatic rings. The van der Waals surface area contributed by atoms with Gasteiger partial charge in [-0.2, -0.15) is 0 Å². The van der Waals surface area contributed by atoms with Crippen molar-refractivity contribution < 1.29 is 19.1 Å². The van der Waals surface area contributed by atoms with E-state index >= 15 is 0 Å². The number of ether oxygens (including phenoxy) is 2. The molecule has 0 N–H and O–H groups in total. The van der Waals surface area contributed by atoms with Crippen molar-refractivity contribution in [2.24, 2.45) is 5.92 Å². The molecule has 0 fully saturated rings. The van der Waals surface area contributed by atoms with Crippen LogP contribution in [-0.4, -0.2) is 18.7 Å². The zero-order valence-corrected chi connectivity index (χ0v) is 18.0. The summed E-state index contributed by atoms with van der Waals surface area (Å²) in [5.41, 5.74) is 0. The van der Waals surface area contributed by atoms with Crippen LogP contribution in [0.25, 0.3) is 0 Å². The molecule has 0 radical (unpaired) electrons. The maximum atomic E-state index is 11.5. The van der Waals surface area contributed by atoms with Gasteiger partial charge in [0.1, 0.15) is 0 Å². The molecule has 0 unspecified atom stereocenters. The van der Waals surface area contributed by atoms with E-state index in [1.807, 2.05) is 13.8 Å². The average Bonchev–Trinajstić information content (AvgIpc) is 2.63. The summed E-state index contributed by atoms with van der Waals surface area (Å²) in [5.74, 6) is -0.251. The first-order valence-corrected chi connectivity index (χ1v) is 11.1. The van der Waals surface area contributed by atoms with Gasteiger partial charge in [0.25, 0.3) is 0 Å². The highest BCUT2D eigenvalue weighted by Crippen LogP contribution is 2.10. The van der Waals surface area contributed by atoms with Gasteiger partial charge in [-0.1, -0.05) is 84.3 Å². The van der Waals surface area contributed by atoms with Crippen molar-refractivity contribution >= 4 is 12.1 Å². The van der Waals surface area contributed by atoms with Gasteiger partial charge in [-0.15, -0.1) is 0 Å². The van der Waals surface area contributed by atoms with Crippen molar-refractivity contribution in [2.75, 3.05) is 6.61 Å². The van der Waals surface area contributed by atoms with Gasteiger partial charge in [0.15, 0.2) is 0 Å². The predicted molar refractivity (Wildman–Crippen MR) is 112 cm³/mol. The molecule has 0 rings (SSSR count). The van der Waals surface area contributed by atoms with Crippen LogP contribution in [0.5, 0.6) is 0 Å². The fourth-order valence-corrected chi connectivity index (χ4v) is 2.75. The summed E-state index contributed by atoms with van der Waals surface area (Å²) in [6.07, 6.45) is 19.9. The Morgan fingerprint density at radius 2 is 1.30 bits per heavy atom. The van der Waals surface area contributed by atoms with E-state index in [2.05, 4.69) is 23.8 Å². The van der Waals surface area contributed by atoms with E-state index in [1.54, 1.807) is 0 Å². The number of unbranched alkanes of at least 4 members (excludes halogenated alkanes) is 11. The smallest absolute Gasteiger partial charge is 0.434 e. The lowest BCUT2D eigenvalue weighted by Gasteiger charge is -2.06. The van der Waals surface area contributed by atoms with Crippen LogP contribution in [0.3, 0.4) is 0 Å². The van der Waals surface area contributed by atoms with Crippen LogP contribution in [0.2, 0.25) is 0 Å². The quantitative estimate of drug-likeness (QED) is 0.114. The molecular weight excluding hydrogens is 340 g/mol. The summed E-state index contributed by atoms with van der Waals surface area (Å²) in [6.45, 7) is 6.39. The zero-order chi connectivity index (χ0) is 20.2. The highest BCUT2D eigenvalue weighted by Gasteiger charge is 2.11. The molecule has 0 amide bonds. The van der Waals surface area contributed by atoms with E-state index in [0.29, 0.717) is 0 Å². The van der Waals surface area contributed by atoms with Crippen LogP contribution in [0.4, 0.5) is 4.79 Å². The molecule has 0 saturated heterocycles. The van der Waals surface area contributed by atoms with Crippen molar-refractivity contribution in [1.82, 2.24) is 0 Å². The Morgan fingerprint density at radius 3 is 1.85 bits per heavy atom. The second-order valence-corrected chi connectivity index (χ2v) is 7.76. The van der Waals surface area contributed by atoms with E-state index in [0.717, 1.165) is 25.7 Å². The molecule has 0 bridgehead atoms. The van der Waals surface area contributed by atoms with Crippen molar-refractivity contribution in [3.8, 4) is 0 Å². The lowest BCUT2D eigenvalue weighted by molar-refractivity contribution is -0.140. The summed E-state index contributed by atoms with van der Waals surface area (Å²) < 4.78 is 9.43. The molecule has 0 aliphatic heterocycles. The minimum atomic E-state index is -0.874. The third kappa shape index (κ3) is 20.8. The number of hydrogen-bond donors (Lipinski definition) is 0. The first-order chi connectivity index (χ1) is 13.1. The number of allylic oxidation sites excluding steroid dienone is 2. The maximum Gasteiger partial charge on any atom is 0.516 e. The van der Waals surface area contributed by atoms with Crippen molar-refractivity contribution in [3.63, 3.8) is 0 Å². The van der Waals surface area contributed by atoms with Crippen LogP contribution in [-0.2, 0) is 14.3 Å². The molecule has 158 valence electrons. The molecule has 4 heteroatoms. The summed E-state index contributed by atoms with van der Waals surface area (Å²) in [6, 6.07) is 0. The molecule has 0 aliphatic rings. The van der Waals surface area contributed by atoms with Gasteiger partial charge in [-0.3, -0.25) is 4.79 Å².